The van der Waals surface area contributed by atoms with Crippen molar-refractivity contribution in [3.8, 4) is 11.3 Å². The van der Waals surface area contributed by atoms with E-state index in [-0.39, 0.29) is 0 Å². The van der Waals surface area contributed by atoms with E-state index < -0.39 is 0 Å². The fourth-order valence-electron chi connectivity index (χ4n) is 1.86. The molecule has 88 valence electrons. The molecule has 3 heteroatoms. The Morgan fingerprint density at radius 1 is 1.06 bits per heavy atom. The van der Waals surface area contributed by atoms with Crippen LogP contribution in [0.2, 0.25) is 0 Å². The summed E-state index contributed by atoms with van der Waals surface area (Å²) >= 11 is 0. The standard InChI is InChI=1S/C14H17N3/c1-9-6-5-7-12(10(9)2)13-8-14(15-4)17-11(3)16-13/h5-8H,1-4H3,(H,15,16,17). The summed E-state index contributed by atoms with van der Waals surface area (Å²) in [5, 5.41) is 3.06. The Hall–Kier alpha value is -1.90. The number of hydrogen-bond donors (Lipinski definition) is 1. The summed E-state index contributed by atoms with van der Waals surface area (Å²) in [5.74, 6) is 1.64. The minimum absolute atomic E-state index is 0.785. The van der Waals surface area contributed by atoms with Crippen molar-refractivity contribution in [2.75, 3.05) is 12.4 Å². The lowest BCUT2D eigenvalue weighted by molar-refractivity contribution is 1.05. The molecular formula is C14H17N3. The number of hydrogen-bond acceptors (Lipinski definition) is 3. The molecule has 3 nitrogen and oxygen atoms in total. The topological polar surface area (TPSA) is 37.8 Å². The number of rotatable bonds is 2. The number of nitrogens with one attached hydrogen (secondary N) is 1. The van der Waals surface area contributed by atoms with E-state index in [1.165, 1.54) is 16.7 Å². The summed E-state index contributed by atoms with van der Waals surface area (Å²) in [7, 11) is 1.87. The first-order valence-corrected chi connectivity index (χ1v) is 5.72. The molecule has 2 aromatic rings. The van der Waals surface area contributed by atoms with Crippen LogP contribution >= 0.6 is 0 Å². The van der Waals surface area contributed by atoms with Gasteiger partial charge in [0.15, 0.2) is 0 Å². The van der Waals surface area contributed by atoms with Gasteiger partial charge in [-0.3, -0.25) is 0 Å². The third-order valence-corrected chi connectivity index (χ3v) is 2.97. The molecule has 17 heavy (non-hydrogen) atoms. The van der Waals surface area contributed by atoms with E-state index in [0.717, 1.165) is 17.3 Å². The van der Waals surface area contributed by atoms with Crippen LogP contribution in [0.15, 0.2) is 24.3 Å². The van der Waals surface area contributed by atoms with Crippen molar-refractivity contribution < 1.29 is 0 Å². The Labute approximate surface area is 102 Å². The van der Waals surface area contributed by atoms with Crippen molar-refractivity contribution in [2.45, 2.75) is 20.8 Å². The van der Waals surface area contributed by atoms with Gasteiger partial charge in [-0.1, -0.05) is 18.2 Å². The summed E-state index contributed by atoms with van der Waals surface area (Å²) < 4.78 is 0. The fourth-order valence-corrected chi connectivity index (χ4v) is 1.86. The Morgan fingerprint density at radius 3 is 2.53 bits per heavy atom. The Kier molecular flexibility index (Phi) is 3.09. The summed E-state index contributed by atoms with van der Waals surface area (Å²) in [6, 6.07) is 8.26. The smallest absolute Gasteiger partial charge is 0.130 e. The van der Waals surface area contributed by atoms with E-state index in [9.17, 15) is 0 Å². The van der Waals surface area contributed by atoms with Crippen molar-refractivity contribution in [1.82, 2.24) is 9.97 Å². The van der Waals surface area contributed by atoms with Gasteiger partial charge in [0.2, 0.25) is 0 Å². The molecule has 0 aliphatic rings. The van der Waals surface area contributed by atoms with E-state index in [1.807, 2.05) is 20.0 Å². The lowest BCUT2D eigenvalue weighted by Gasteiger charge is -2.10. The van der Waals surface area contributed by atoms with Crippen LogP contribution in [0.4, 0.5) is 5.82 Å². The third kappa shape index (κ3) is 2.28. The van der Waals surface area contributed by atoms with Crippen molar-refractivity contribution in [3.63, 3.8) is 0 Å². The highest BCUT2D eigenvalue weighted by Crippen LogP contribution is 2.25. The van der Waals surface area contributed by atoms with Crippen LogP contribution in [0, 0.1) is 20.8 Å². The monoisotopic (exact) mass is 227 g/mol. The first kappa shape index (κ1) is 11.6. The van der Waals surface area contributed by atoms with E-state index in [1.54, 1.807) is 0 Å². The van der Waals surface area contributed by atoms with Crippen LogP contribution in [0.25, 0.3) is 11.3 Å². The minimum atomic E-state index is 0.785. The van der Waals surface area contributed by atoms with E-state index in [0.29, 0.717) is 0 Å². The van der Waals surface area contributed by atoms with Gasteiger partial charge in [-0.25, -0.2) is 9.97 Å². The van der Waals surface area contributed by atoms with Gasteiger partial charge < -0.3 is 5.32 Å². The summed E-state index contributed by atoms with van der Waals surface area (Å²) in [6.07, 6.45) is 0. The molecule has 0 atom stereocenters. The maximum atomic E-state index is 4.50. The van der Waals surface area contributed by atoms with Gasteiger partial charge in [0.25, 0.3) is 0 Å². The summed E-state index contributed by atoms with van der Waals surface area (Å²) in [4.78, 5) is 8.81. The maximum absolute atomic E-state index is 4.50. The molecule has 0 amide bonds. The number of benzene rings is 1. The molecule has 2 rings (SSSR count). The lowest BCUT2D eigenvalue weighted by Crippen LogP contribution is -1.99. The number of aryl methyl sites for hydroxylation is 2. The highest BCUT2D eigenvalue weighted by molar-refractivity contribution is 5.67. The zero-order valence-corrected chi connectivity index (χ0v) is 10.7. The summed E-state index contributed by atoms with van der Waals surface area (Å²) in [5.41, 5.74) is 4.70. The zero-order chi connectivity index (χ0) is 12.4. The molecule has 0 bridgehead atoms. The van der Waals surface area contributed by atoms with Crippen LogP contribution in [-0.2, 0) is 0 Å². The minimum Gasteiger partial charge on any atom is -0.373 e. The highest BCUT2D eigenvalue weighted by atomic mass is 15.0. The SMILES string of the molecule is CNc1cc(-c2cccc(C)c2C)nc(C)n1. The third-order valence-electron chi connectivity index (χ3n) is 2.97. The van der Waals surface area contributed by atoms with Gasteiger partial charge in [-0.15, -0.1) is 0 Å². The molecule has 1 N–H and O–H groups in total. The van der Waals surface area contributed by atoms with Crippen molar-refractivity contribution >= 4 is 5.82 Å². The molecule has 0 spiro atoms. The van der Waals surface area contributed by atoms with Crippen molar-refractivity contribution in [3.05, 3.63) is 41.2 Å². The maximum Gasteiger partial charge on any atom is 0.130 e. The molecule has 1 aromatic heterocycles. The normalized spacial score (nSPS) is 10.4. The molecule has 0 radical (unpaired) electrons. The first-order chi connectivity index (χ1) is 8.11. The second-order valence-electron chi connectivity index (χ2n) is 4.18. The van der Waals surface area contributed by atoms with Gasteiger partial charge in [0, 0.05) is 18.7 Å². The molecule has 0 aliphatic carbocycles. The van der Waals surface area contributed by atoms with Crippen LogP contribution in [0.1, 0.15) is 17.0 Å². The Bertz CT molecular complexity index is 547. The average molecular weight is 227 g/mol. The molecule has 0 aliphatic heterocycles. The van der Waals surface area contributed by atoms with Crippen LogP contribution in [0.5, 0.6) is 0 Å². The van der Waals surface area contributed by atoms with Crippen LogP contribution in [-0.4, -0.2) is 17.0 Å². The molecule has 0 fully saturated rings. The molecule has 1 aromatic carbocycles. The van der Waals surface area contributed by atoms with Crippen LogP contribution < -0.4 is 5.32 Å². The number of nitrogens with zero attached hydrogens (tertiary/aromatic N) is 2. The average Bonchev–Trinajstić information content (AvgIpc) is 2.31. The lowest BCUT2D eigenvalue weighted by atomic mass is 10.0. The van der Waals surface area contributed by atoms with E-state index in [4.69, 9.17) is 0 Å². The molecule has 1 heterocycles. The quantitative estimate of drug-likeness (QED) is 0.856. The van der Waals surface area contributed by atoms with Gasteiger partial charge in [-0.2, -0.15) is 0 Å². The van der Waals surface area contributed by atoms with E-state index in [2.05, 4.69) is 47.3 Å². The van der Waals surface area contributed by atoms with Gasteiger partial charge in [0.05, 0.1) is 5.69 Å². The zero-order valence-electron chi connectivity index (χ0n) is 10.7. The van der Waals surface area contributed by atoms with E-state index >= 15 is 0 Å². The summed E-state index contributed by atoms with van der Waals surface area (Å²) in [6.45, 7) is 6.16. The van der Waals surface area contributed by atoms with Gasteiger partial charge in [-0.05, 0) is 31.9 Å². The Balaban J connectivity index is 2.60. The predicted molar refractivity (Wildman–Crippen MR) is 71.2 cm³/mol. The second kappa shape index (κ2) is 4.53. The molecular weight excluding hydrogens is 210 g/mol. The van der Waals surface area contributed by atoms with Crippen molar-refractivity contribution in [2.24, 2.45) is 0 Å². The van der Waals surface area contributed by atoms with Crippen LogP contribution in [0.3, 0.4) is 0 Å². The van der Waals surface area contributed by atoms with Gasteiger partial charge in [0.1, 0.15) is 11.6 Å². The van der Waals surface area contributed by atoms with Crippen molar-refractivity contribution in [1.29, 1.82) is 0 Å². The highest BCUT2D eigenvalue weighted by Gasteiger charge is 2.07. The fraction of sp³-hybridized carbons (Fsp3) is 0.286. The number of aromatic nitrogens is 2. The number of anilines is 1. The molecule has 0 saturated carbocycles. The Morgan fingerprint density at radius 2 is 1.82 bits per heavy atom. The largest absolute Gasteiger partial charge is 0.373 e. The predicted octanol–water partition coefficient (Wildman–Crippen LogP) is 3.11. The first-order valence-electron chi connectivity index (χ1n) is 5.72. The second-order valence-corrected chi connectivity index (χ2v) is 4.18. The molecule has 0 saturated heterocycles. The molecule has 0 unspecified atom stereocenters. The van der Waals surface area contributed by atoms with Gasteiger partial charge >= 0.3 is 0 Å².